The third-order valence-electron chi connectivity index (χ3n) is 2.39. The van der Waals surface area contributed by atoms with E-state index in [1.807, 2.05) is 6.92 Å². The molecule has 0 spiro atoms. The average Bonchev–Trinajstić information content (AvgIpc) is 2.22. The first-order valence-electron chi connectivity index (χ1n) is 5.61. The monoisotopic (exact) mass is 216 g/mol. The number of rotatable bonds is 8. The standard InChI is InChI=1S/C11H24N2O2/c1-5-9(2)12-8-11(14)13-10(3)6-7-15-4/h9-10,12H,5-8H2,1-4H3,(H,13,14). The number of hydrogen-bond donors (Lipinski definition) is 2. The lowest BCUT2D eigenvalue weighted by atomic mass is 10.2. The molecule has 15 heavy (non-hydrogen) atoms. The highest BCUT2D eigenvalue weighted by atomic mass is 16.5. The van der Waals surface area contributed by atoms with Crippen LogP contribution in [0.3, 0.4) is 0 Å². The van der Waals surface area contributed by atoms with Crippen LogP contribution in [-0.2, 0) is 9.53 Å². The molecule has 90 valence electrons. The third-order valence-corrected chi connectivity index (χ3v) is 2.39. The smallest absolute Gasteiger partial charge is 0.234 e. The average molecular weight is 216 g/mol. The van der Waals surface area contributed by atoms with Crippen molar-refractivity contribution in [2.45, 2.75) is 45.7 Å². The van der Waals surface area contributed by atoms with Crippen molar-refractivity contribution in [3.8, 4) is 0 Å². The van der Waals surface area contributed by atoms with Crippen LogP contribution in [0.25, 0.3) is 0 Å². The van der Waals surface area contributed by atoms with E-state index >= 15 is 0 Å². The topological polar surface area (TPSA) is 50.4 Å². The molecule has 4 heteroatoms. The van der Waals surface area contributed by atoms with Gasteiger partial charge < -0.3 is 15.4 Å². The minimum absolute atomic E-state index is 0.0545. The maximum absolute atomic E-state index is 11.4. The molecular formula is C11H24N2O2. The Morgan fingerprint density at radius 3 is 2.53 bits per heavy atom. The minimum Gasteiger partial charge on any atom is -0.385 e. The normalized spacial score (nSPS) is 14.7. The summed E-state index contributed by atoms with van der Waals surface area (Å²) in [6, 6.07) is 0.571. The largest absolute Gasteiger partial charge is 0.385 e. The Morgan fingerprint density at radius 2 is 2.00 bits per heavy atom. The lowest BCUT2D eigenvalue weighted by Gasteiger charge is -2.15. The number of methoxy groups -OCH3 is 1. The molecule has 0 bridgehead atoms. The second kappa shape index (κ2) is 8.68. The van der Waals surface area contributed by atoms with Crippen LogP contribution in [0.2, 0.25) is 0 Å². The summed E-state index contributed by atoms with van der Waals surface area (Å²) in [6.07, 6.45) is 1.89. The molecule has 0 aromatic rings. The van der Waals surface area contributed by atoms with Gasteiger partial charge in [-0.05, 0) is 26.7 Å². The predicted molar refractivity (Wildman–Crippen MR) is 61.9 cm³/mol. The Kier molecular flexibility index (Phi) is 8.33. The van der Waals surface area contributed by atoms with Gasteiger partial charge in [0.1, 0.15) is 0 Å². The Hall–Kier alpha value is -0.610. The summed E-state index contributed by atoms with van der Waals surface area (Å²) >= 11 is 0. The van der Waals surface area contributed by atoms with Crippen molar-refractivity contribution in [3.05, 3.63) is 0 Å². The van der Waals surface area contributed by atoms with E-state index in [0.29, 0.717) is 19.2 Å². The van der Waals surface area contributed by atoms with Gasteiger partial charge in [-0.1, -0.05) is 6.92 Å². The van der Waals surface area contributed by atoms with E-state index < -0.39 is 0 Å². The van der Waals surface area contributed by atoms with Crippen molar-refractivity contribution in [1.82, 2.24) is 10.6 Å². The molecule has 0 aliphatic carbocycles. The summed E-state index contributed by atoms with van der Waals surface area (Å²) in [5, 5.41) is 6.06. The lowest BCUT2D eigenvalue weighted by Crippen LogP contribution is -2.41. The van der Waals surface area contributed by atoms with Gasteiger partial charge in [0, 0.05) is 25.8 Å². The first-order chi connectivity index (χ1) is 7.10. The molecule has 0 fully saturated rings. The summed E-state index contributed by atoms with van der Waals surface area (Å²) in [5.74, 6) is 0.0545. The van der Waals surface area contributed by atoms with Crippen LogP contribution in [0.5, 0.6) is 0 Å². The Bertz CT molecular complexity index is 174. The highest BCUT2D eigenvalue weighted by Crippen LogP contribution is 1.91. The minimum atomic E-state index is 0.0545. The summed E-state index contributed by atoms with van der Waals surface area (Å²) < 4.78 is 4.94. The zero-order chi connectivity index (χ0) is 11.7. The fraction of sp³-hybridized carbons (Fsp3) is 0.909. The molecule has 2 unspecified atom stereocenters. The first kappa shape index (κ1) is 14.4. The van der Waals surface area contributed by atoms with Crippen molar-refractivity contribution in [3.63, 3.8) is 0 Å². The quantitative estimate of drug-likeness (QED) is 0.634. The third kappa shape index (κ3) is 8.39. The van der Waals surface area contributed by atoms with Crippen molar-refractivity contribution in [1.29, 1.82) is 0 Å². The molecule has 2 atom stereocenters. The van der Waals surface area contributed by atoms with E-state index in [4.69, 9.17) is 4.74 Å². The zero-order valence-corrected chi connectivity index (χ0v) is 10.3. The molecule has 0 aliphatic rings. The van der Waals surface area contributed by atoms with Crippen molar-refractivity contribution < 1.29 is 9.53 Å². The van der Waals surface area contributed by atoms with Crippen LogP contribution in [0.4, 0.5) is 0 Å². The van der Waals surface area contributed by atoms with Crippen LogP contribution in [0, 0.1) is 0 Å². The van der Waals surface area contributed by atoms with E-state index in [2.05, 4.69) is 24.5 Å². The van der Waals surface area contributed by atoms with E-state index in [1.165, 1.54) is 0 Å². The van der Waals surface area contributed by atoms with Crippen molar-refractivity contribution >= 4 is 5.91 Å². The molecule has 0 rings (SSSR count). The van der Waals surface area contributed by atoms with Gasteiger partial charge >= 0.3 is 0 Å². The fourth-order valence-corrected chi connectivity index (χ4v) is 1.10. The second-order valence-electron chi connectivity index (χ2n) is 3.94. The second-order valence-corrected chi connectivity index (χ2v) is 3.94. The molecule has 0 aromatic heterocycles. The van der Waals surface area contributed by atoms with Gasteiger partial charge in [-0.25, -0.2) is 0 Å². The molecule has 0 saturated heterocycles. The number of hydrogen-bond acceptors (Lipinski definition) is 3. The predicted octanol–water partition coefficient (Wildman–Crippen LogP) is 0.916. The molecule has 0 saturated carbocycles. The number of carbonyl (C=O) groups is 1. The van der Waals surface area contributed by atoms with Crippen LogP contribution >= 0.6 is 0 Å². The lowest BCUT2D eigenvalue weighted by molar-refractivity contribution is -0.121. The van der Waals surface area contributed by atoms with Crippen LogP contribution in [0.15, 0.2) is 0 Å². The maximum atomic E-state index is 11.4. The number of carbonyl (C=O) groups excluding carboxylic acids is 1. The van der Waals surface area contributed by atoms with Crippen LogP contribution in [0.1, 0.15) is 33.6 Å². The molecule has 0 heterocycles. The molecule has 0 radical (unpaired) electrons. The Balaban J connectivity index is 3.55. The van der Waals surface area contributed by atoms with E-state index in [-0.39, 0.29) is 11.9 Å². The first-order valence-corrected chi connectivity index (χ1v) is 5.61. The molecule has 4 nitrogen and oxygen atoms in total. The molecular weight excluding hydrogens is 192 g/mol. The van der Waals surface area contributed by atoms with Crippen molar-refractivity contribution in [2.75, 3.05) is 20.3 Å². The van der Waals surface area contributed by atoms with E-state index in [0.717, 1.165) is 12.8 Å². The number of ether oxygens (including phenoxy) is 1. The molecule has 0 aliphatic heterocycles. The van der Waals surface area contributed by atoms with Gasteiger partial charge in [0.15, 0.2) is 0 Å². The van der Waals surface area contributed by atoms with Gasteiger partial charge in [0.2, 0.25) is 5.91 Å². The van der Waals surface area contributed by atoms with Gasteiger partial charge in [0.25, 0.3) is 0 Å². The molecule has 0 aromatic carbocycles. The molecule has 1 amide bonds. The highest BCUT2D eigenvalue weighted by Gasteiger charge is 2.07. The van der Waals surface area contributed by atoms with Gasteiger partial charge in [0.05, 0.1) is 6.54 Å². The summed E-state index contributed by atoms with van der Waals surface area (Å²) in [7, 11) is 1.67. The van der Waals surface area contributed by atoms with Gasteiger partial charge in [-0.3, -0.25) is 4.79 Å². The Morgan fingerprint density at radius 1 is 1.33 bits per heavy atom. The fourth-order valence-electron chi connectivity index (χ4n) is 1.10. The van der Waals surface area contributed by atoms with Gasteiger partial charge in [-0.2, -0.15) is 0 Å². The highest BCUT2D eigenvalue weighted by molar-refractivity contribution is 5.78. The SMILES string of the molecule is CCC(C)NCC(=O)NC(C)CCOC. The van der Waals surface area contributed by atoms with E-state index in [1.54, 1.807) is 7.11 Å². The van der Waals surface area contributed by atoms with Gasteiger partial charge in [-0.15, -0.1) is 0 Å². The van der Waals surface area contributed by atoms with Crippen LogP contribution < -0.4 is 10.6 Å². The summed E-state index contributed by atoms with van der Waals surface area (Å²) in [6.45, 7) is 7.23. The summed E-state index contributed by atoms with van der Waals surface area (Å²) in [5.41, 5.74) is 0. The molecule has 2 N–H and O–H groups in total. The van der Waals surface area contributed by atoms with Crippen molar-refractivity contribution in [2.24, 2.45) is 0 Å². The summed E-state index contributed by atoms with van der Waals surface area (Å²) in [4.78, 5) is 11.4. The number of nitrogens with one attached hydrogen (secondary N) is 2. The van der Waals surface area contributed by atoms with E-state index in [9.17, 15) is 4.79 Å². The number of amides is 1. The Labute approximate surface area is 92.8 Å². The maximum Gasteiger partial charge on any atom is 0.234 e. The van der Waals surface area contributed by atoms with Crippen LogP contribution in [-0.4, -0.2) is 38.3 Å². The zero-order valence-electron chi connectivity index (χ0n) is 10.3.